The normalized spacial score (nSPS) is 18.6. The molecule has 3 rings (SSSR count). The number of piperidine rings is 1. The molecule has 2 aromatic rings. The summed E-state index contributed by atoms with van der Waals surface area (Å²) in [7, 11) is -3.38. The Balaban J connectivity index is 1.68. The van der Waals surface area contributed by atoms with Gasteiger partial charge in [0.05, 0.1) is 12.8 Å². The zero-order valence-corrected chi connectivity index (χ0v) is 15.7. The molecule has 0 saturated carbocycles. The minimum atomic E-state index is -3.38. The quantitative estimate of drug-likeness (QED) is 0.825. The van der Waals surface area contributed by atoms with E-state index in [2.05, 4.69) is 10.4 Å². The Morgan fingerprint density at radius 3 is 2.69 bits per heavy atom. The monoisotopic (exact) mass is 376 g/mol. The van der Waals surface area contributed by atoms with E-state index in [9.17, 15) is 13.2 Å². The lowest BCUT2D eigenvalue weighted by Crippen LogP contribution is -2.51. The van der Waals surface area contributed by atoms with Gasteiger partial charge in [-0.25, -0.2) is 8.42 Å². The van der Waals surface area contributed by atoms with E-state index in [1.165, 1.54) is 4.31 Å². The summed E-state index contributed by atoms with van der Waals surface area (Å²) in [5.41, 5.74) is 2.07. The molecule has 1 unspecified atom stereocenters. The van der Waals surface area contributed by atoms with Crippen LogP contribution in [0.3, 0.4) is 0 Å². The first-order valence-electron chi connectivity index (χ1n) is 8.74. The van der Waals surface area contributed by atoms with Crippen molar-refractivity contribution in [1.82, 2.24) is 19.4 Å². The molecular weight excluding hydrogens is 352 g/mol. The molecule has 1 saturated heterocycles. The van der Waals surface area contributed by atoms with E-state index in [1.54, 1.807) is 6.20 Å². The first kappa shape index (κ1) is 18.6. The van der Waals surface area contributed by atoms with Crippen molar-refractivity contribution in [2.24, 2.45) is 0 Å². The molecule has 0 radical (unpaired) electrons. The van der Waals surface area contributed by atoms with Crippen molar-refractivity contribution >= 4 is 15.9 Å². The predicted octanol–water partition coefficient (Wildman–Crippen LogP) is 1.36. The molecule has 140 valence electrons. The zero-order chi connectivity index (χ0) is 18.6. The summed E-state index contributed by atoms with van der Waals surface area (Å²) < 4.78 is 27.0. The fraction of sp³-hybridized carbons (Fsp3) is 0.444. The maximum Gasteiger partial charge on any atom is 0.238 e. The summed E-state index contributed by atoms with van der Waals surface area (Å²) in [6.45, 7) is 1.40. The lowest BCUT2D eigenvalue weighted by Gasteiger charge is -2.32. The molecule has 1 aromatic heterocycles. The van der Waals surface area contributed by atoms with Crippen LogP contribution >= 0.6 is 0 Å². The predicted molar refractivity (Wildman–Crippen MR) is 98.8 cm³/mol. The van der Waals surface area contributed by atoms with Gasteiger partial charge in [-0.2, -0.15) is 9.40 Å². The van der Waals surface area contributed by atoms with E-state index in [1.807, 2.05) is 41.2 Å². The van der Waals surface area contributed by atoms with Crippen molar-refractivity contribution in [2.75, 3.05) is 12.8 Å². The maximum absolute atomic E-state index is 12.6. The Morgan fingerprint density at radius 2 is 2.00 bits per heavy atom. The van der Waals surface area contributed by atoms with Gasteiger partial charge in [-0.1, -0.05) is 30.7 Å². The topological polar surface area (TPSA) is 84.3 Å². The van der Waals surface area contributed by atoms with Gasteiger partial charge in [0.1, 0.15) is 6.04 Å². The number of hydrogen-bond donors (Lipinski definition) is 1. The third-order valence-electron chi connectivity index (χ3n) is 4.65. The molecule has 1 amide bonds. The molecule has 1 aliphatic rings. The summed E-state index contributed by atoms with van der Waals surface area (Å²) in [6, 6.07) is 9.11. The van der Waals surface area contributed by atoms with Crippen LogP contribution in [0.1, 0.15) is 30.4 Å². The highest BCUT2D eigenvalue weighted by Gasteiger charge is 2.34. The average Bonchev–Trinajstić information content (AvgIpc) is 3.13. The first-order valence-corrected chi connectivity index (χ1v) is 10.6. The highest BCUT2D eigenvalue weighted by molar-refractivity contribution is 7.88. The lowest BCUT2D eigenvalue weighted by atomic mass is 10.0. The Morgan fingerprint density at radius 1 is 1.23 bits per heavy atom. The van der Waals surface area contributed by atoms with E-state index in [4.69, 9.17) is 0 Å². The largest absolute Gasteiger partial charge is 0.351 e. The van der Waals surface area contributed by atoms with E-state index >= 15 is 0 Å². The van der Waals surface area contributed by atoms with Crippen LogP contribution in [-0.4, -0.2) is 47.3 Å². The van der Waals surface area contributed by atoms with Crippen LogP contribution in [0.5, 0.6) is 0 Å². The Kier molecular flexibility index (Phi) is 5.73. The minimum Gasteiger partial charge on any atom is -0.351 e. The highest BCUT2D eigenvalue weighted by atomic mass is 32.2. The second kappa shape index (κ2) is 8.01. The van der Waals surface area contributed by atoms with Crippen LogP contribution < -0.4 is 5.32 Å². The number of hydrogen-bond acceptors (Lipinski definition) is 4. The number of benzene rings is 1. The maximum atomic E-state index is 12.6. The fourth-order valence-corrected chi connectivity index (χ4v) is 4.44. The van der Waals surface area contributed by atoms with E-state index < -0.39 is 16.1 Å². The van der Waals surface area contributed by atoms with Crippen molar-refractivity contribution in [3.05, 3.63) is 53.9 Å². The third-order valence-corrected chi connectivity index (χ3v) is 5.93. The van der Waals surface area contributed by atoms with Crippen molar-refractivity contribution in [2.45, 2.75) is 38.4 Å². The number of carbonyl (C=O) groups is 1. The molecule has 26 heavy (non-hydrogen) atoms. The smallest absolute Gasteiger partial charge is 0.238 e. The number of sulfonamides is 1. The van der Waals surface area contributed by atoms with Gasteiger partial charge in [-0.15, -0.1) is 0 Å². The van der Waals surface area contributed by atoms with Crippen LogP contribution in [0.25, 0.3) is 0 Å². The van der Waals surface area contributed by atoms with E-state index in [0.717, 1.165) is 30.2 Å². The number of amides is 1. The Bertz CT molecular complexity index is 849. The standard InChI is InChI=1S/C18H24N4O3S/c1-26(24,25)22-12-5-4-9-17(22)18(23)19-13-15-7-2-3-8-16(15)14-21-11-6-10-20-21/h2-3,6-8,10-11,17H,4-5,9,12-14H2,1H3,(H,19,23). The minimum absolute atomic E-state index is 0.232. The van der Waals surface area contributed by atoms with Crippen LogP contribution in [0.4, 0.5) is 0 Å². The van der Waals surface area contributed by atoms with Gasteiger partial charge in [0, 0.05) is 25.5 Å². The van der Waals surface area contributed by atoms with Gasteiger partial charge in [-0.3, -0.25) is 9.48 Å². The summed E-state index contributed by atoms with van der Waals surface area (Å²) >= 11 is 0. The first-order chi connectivity index (χ1) is 12.4. The van der Waals surface area contributed by atoms with Gasteiger partial charge < -0.3 is 5.32 Å². The van der Waals surface area contributed by atoms with Crippen molar-refractivity contribution in [3.8, 4) is 0 Å². The molecule has 8 heteroatoms. The van der Waals surface area contributed by atoms with Crippen LogP contribution in [-0.2, 0) is 27.9 Å². The second-order valence-corrected chi connectivity index (χ2v) is 8.51. The van der Waals surface area contributed by atoms with Crippen LogP contribution in [0, 0.1) is 0 Å². The SMILES string of the molecule is CS(=O)(=O)N1CCCCC1C(=O)NCc1ccccc1Cn1cccn1. The molecule has 1 atom stereocenters. The van der Waals surface area contributed by atoms with Crippen molar-refractivity contribution in [3.63, 3.8) is 0 Å². The second-order valence-electron chi connectivity index (χ2n) is 6.58. The lowest BCUT2D eigenvalue weighted by molar-refractivity contribution is -0.125. The molecule has 1 N–H and O–H groups in total. The molecule has 7 nitrogen and oxygen atoms in total. The molecule has 0 spiro atoms. The number of nitrogens with zero attached hydrogens (tertiary/aromatic N) is 3. The van der Waals surface area contributed by atoms with E-state index in [-0.39, 0.29) is 5.91 Å². The molecular formula is C18H24N4O3S. The summed E-state index contributed by atoms with van der Waals surface area (Å²) in [5, 5.41) is 7.13. The Hall–Kier alpha value is -2.19. The third kappa shape index (κ3) is 4.50. The molecule has 0 aliphatic carbocycles. The molecule has 2 heterocycles. The number of aromatic nitrogens is 2. The molecule has 1 aliphatic heterocycles. The molecule has 1 aromatic carbocycles. The van der Waals surface area contributed by atoms with E-state index in [0.29, 0.717) is 26.1 Å². The summed E-state index contributed by atoms with van der Waals surface area (Å²) in [5.74, 6) is -0.232. The Labute approximate surface area is 154 Å². The highest BCUT2D eigenvalue weighted by Crippen LogP contribution is 2.20. The van der Waals surface area contributed by atoms with Crippen LogP contribution in [0.15, 0.2) is 42.7 Å². The fourth-order valence-electron chi connectivity index (χ4n) is 3.32. The number of nitrogens with one attached hydrogen (secondary N) is 1. The average molecular weight is 376 g/mol. The summed E-state index contributed by atoms with van der Waals surface area (Å²) in [6.07, 6.45) is 7.00. The van der Waals surface area contributed by atoms with Gasteiger partial charge in [0.25, 0.3) is 0 Å². The number of carbonyl (C=O) groups excluding carboxylic acids is 1. The summed E-state index contributed by atoms with van der Waals surface area (Å²) in [4.78, 5) is 12.6. The van der Waals surface area contributed by atoms with Gasteiger partial charge in [0.15, 0.2) is 0 Å². The molecule has 0 bridgehead atoms. The van der Waals surface area contributed by atoms with Gasteiger partial charge in [0.2, 0.25) is 15.9 Å². The number of rotatable bonds is 6. The van der Waals surface area contributed by atoms with Crippen molar-refractivity contribution < 1.29 is 13.2 Å². The van der Waals surface area contributed by atoms with Gasteiger partial charge in [-0.05, 0) is 30.0 Å². The molecule has 1 fully saturated rings. The van der Waals surface area contributed by atoms with Crippen LogP contribution in [0.2, 0.25) is 0 Å². The van der Waals surface area contributed by atoms with Crippen molar-refractivity contribution in [1.29, 1.82) is 0 Å². The van der Waals surface area contributed by atoms with Gasteiger partial charge >= 0.3 is 0 Å². The zero-order valence-electron chi connectivity index (χ0n) is 14.8.